The Kier molecular flexibility index (Phi) is 7.15. The molecule has 152 valence electrons. The van der Waals surface area contributed by atoms with Crippen molar-refractivity contribution < 1.29 is 40.7 Å². The molecular formula is C16H6F6N2O3S2. The van der Waals surface area contributed by atoms with Crippen molar-refractivity contribution >= 4 is 47.1 Å². The second-order valence-electron chi connectivity index (χ2n) is 4.86. The molecule has 5 nitrogen and oxygen atoms in total. The molecule has 0 aliphatic rings. The molecule has 0 saturated heterocycles. The number of isocyanates is 2. The summed E-state index contributed by atoms with van der Waals surface area (Å²) in [6, 6.07) is 6.03. The van der Waals surface area contributed by atoms with Gasteiger partial charge in [0.1, 0.15) is 11.4 Å². The molecule has 0 aliphatic heterocycles. The highest BCUT2D eigenvalue weighted by atomic mass is 32.2. The second-order valence-corrected chi connectivity index (χ2v) is 7.14. The number of rotatable bonds is 6. The highest BCUT2D eigenvalue weighted by Gasteiger charge is 2.30. The zero-order chi connectivity index (χ0) is 21.7. The second kappa shape index (κ2) is 9.19. The van der Waals surface area contributed by atoms with Crippen molar-refractivity contribution in [3.05, 3.63) is 36.4 Å². The number of hydrogen-bond donors (Lipinski definition) is 0. The summed E-state index contributed by atoms with van der Waals surface area (Å²) < 4.78 is 80.3. The molecule has 2 aromatic rings. The van der Waals surface area contributed by atoms with Gasteiger partial charge in [0.25, 0.3) is 0 Å². The molecule has 0 aliphatic carbocycles. The number of halogens is 6. The van der Waals surface area contributed by atoms with Crippen LogP contribution in [0.15, 0.2) is 56.2 Å². The Morgan fingerprint density at radius 3 is 1.41 bits per heavy atom. The standard InChI is InChI=1S/C16H6F6N2O3S2/c17-15(18,19)28-9-1-3-13(11(5-9)23-7-25)27-14-4-2-10(29-16(20,21)22)6-12(14)24-8-26/h1-6H. The number of hydrogen-bond acceptors (Lipinski definition) is 7. The summed E-state index contributed by atoms with van der Waals surface area (Å²) in [5.41, 5.74) is -9.79. The van der Waals surface area contributed by atoms with Crippen LogP contribution in [-0.4, -0.2) is 23.2 Å². The van der Waals surface area contributed by atoms with E-state index >= 15 is 0 Å². The molecule has 0 bridgehead atoms. The number of alkyl halides is 6. The Morgan fingerprint density at radius 1 is 0.724 bits per heavy atom. The number of benzene rings is 2. The molecule has 2 aromatic carbocycles. The number of thioether (sulfide) groups is 2. The van der Waals surface area contributed by atoms with E-state index in [4.69, 9.17) is 4.74 Å². The van der Waals surface area contributed by atoms with Crippen LogP contribution in [-0.2, 0) is 9.59 Å². The Bertz CT molecular complexity index is 918. The largest absolute Gasteiger partial charge is 0.453 e. The van der Waals surface area contributed by atoms with Crippen molar-refractivity contribution in [3.8, 4) is 11.5 Å². The van der Waals surface area contributed by atoms with Crippen LogP contribution in [0.4, 0.5) is 37.7 Å². The Balaban J connectivity index is 2.41. The zero-order valence-electron chi connectivity index (χ0n) is 13.7. The summed E-state index contributed by atoms with van der Waals surface area (Å²) in [5.74, 6) is -0.420. The summed E-state index contributed by atoms with van der Waals surface area (Å²) in [4.78, 5) is 27.1. The maximum absolute atomic E-state index is 12.5. The molecule has 0 aromatic heterocycles. The number of ether oxygens (including phenoxy) is 1. The number of aliphatic imine (C=N–C) groups is 2. The van der Waals surface area contributed by atoms with E-state index in [-0.39, 0.29) is 32.7 Å². The van der Waals surface area contributed by atoms with Gasteiger partial charge in [-0.15, -0.1) is 0 Å². The molecule has 0 fully saturated rings. The normalized spacial score (nSPS) is 11.4. The van der Waals surface area contributed by atoms with E-state index in [0.717, 1.165) is 36.4 Å². The van der Waals surface area contributed by atoms with Gasteiger partial charge in [-0.2, -0.15) is 36.3 Å². The van der Waals surface area contributed by atoms with Gasteiger partial charge in [0.05, 0.1) is 0 Å². The minimum atomic E-state index is -4.58. The molecule has 0 N–H and O–H groups in total. The van der Waals surface area contributed by atoms with Gasteiger partial charge in [-0.1, -0.05) is 0 Å². The molecule has 29 heavy (non-hydrogen) atoms. The van der Waals surface area contributed by atoms with Crippen molar-refractivity contribution in [3.63, 3.8) is 0 Å². The summed E-state index contributed by atoms with van der Waals surface area (Å²) in [6.45, 7) is 0. The van der Waals surface area contributed by atoms with E-state index in [1.807, 2.05) is 0 Å². The average Bonchev–Trinajstić information content (AvgIpc) is 2.57. The van der Waals surface area contributed by atoms with Gasteiger partial charge in [-0.3, -0.25) is 0 Å². The van der Waals surface area contributed by atoms with Crippen LogP contribution >= 0.6 is 23.5 Å². The fourth-order valence-corrected chi connectivity index (χ4v) is 3.10. The Morgan fingerprint density at radius 2 is 1.10 bits per heavy atom. The topological polar surface area (TPSA) is 68.1 Å². The van der Waals surface area contributed by atoms with Crippen molar-refractivity contribution in [2.24, 2.45) is 9.98 Å². The third kappa shape index (κ3) is 7.31. The van der Waals surface area contributed by atoms with Crippen LogP contribution in [0.3, 0.4) is 0 Å². The lowest BCUT2D eigenvalue weighted by Crippen LogP contribution is -1.99. The minimum Gasteiger partial charge on any atom is -0.453 e. The molecule has 0 amide bonds. The van der Waals surface area contributed by atoms with Gasteiger partial charge in [0.15, 0.2) is 11.5 Å². The van der Waals surface area contributed by atoms with Gasteiger partial charge in [-0.05, 0) is 59.9 Å². The number of nitrogens with zero attached hydrogens (tertiary/aromatic N) is 2. The van der Waals surface area contributed by atoms with E-state index in [1.54, 1.807) is 0 Å². The third-order valence-corrected chi connectivity index (χ3v) is 4.32. The molecule has 0 atom stereocenters. The van der Waals surface area contributed by atoms with E-state index in [9.17, 15) is 35.9 Å². The first kappa shape index (κ1) is 22.6. The maximum Gasteiger partial charge on any atom is 0.446 e. The smallest absolute Gasteiger partial charge is 0.446 e. The Hall–Kier alpha value is -2.72. The van der Waals surface area contributed by atoms with Gasteiger partial charge in [0, 0.05) is 9.79 Å². The lowest BCUT2D eigenvalue weighted by atomic mass is 10.2. The lowest BCUT2D eigenvalue weighted by Gasteiger charge is -2.13. The zero-order valence-corrected chi connectivity index (χ0v) is 15.3. The summed E-state index contributed by atoms with van der Waals surface area (Å²) in [5, 5.41) is 0. The van der Waals surface area contributed by atoms with E-state index in [1.165, 1.54) is 12.2 Å². The Labute approximate surface area is 166 Å². The molecule has 13 heteroatoms. The van der Waals surface area contributed by atoms with Crippen LogP contribution in [0, 0.1) is 0 Å². The molecule has 0 saturated carbocycles. The monoisotopic (exact) mass is 452 g/mol. The van der Waals surface area contributed by atoms with Crippen molar-refractivity contribution in [2.75, 3.05) is 0 Å². The minimum absolute atomic E-state index is 0.210. The average molecular weight is 452 g/mol. The fourth-order valence-electron chi connectivity index (χ4n) is 1.95. The van der Waals surface area contributed by atoms with E-state index < -0.39 is 34.5 Å². The first-order valence-electron chi connectivity index (χ1n) is 7.14. The fraction of sp³-hybridized carbons (Fsp3) is 0.125. The molecular weight excluding hydrogens is 446 g/mol. The van der Waals surface area contributed by atoms with Gasteiger partial charge in [0.2, 0.25) is 12.2 Å². The molecule has 0 spiro atoms. The van der Waals surface area contributed by atoms with Gasteiger partial charge >= 0.3 is 11.0 Å². The SMILES string of the molecule is O=C=Nc1cc(SC(F)(F)F)ccc1Oc1ccc(SC(F)(F)F)cc1N=C=O. The molecule has 2 rings (SSSR count). The third-order valence-electron chi connectivity index (χ3n) is 2.88. The van der Waals surface area contributed by atoms with Crippen LogP contribution in [0.1, 0.15) is 0 Å². The van der Waals surface area contributed by atoms with Gasteiger partial charge in [-0.25, -0.2) is 9.59 Å². The predicted octanol–water partition coefficient (Wildman–Crippen LogP) is 6.64. The molecule has 0 heterocycles. The maximum atomic E-state index is 12.5. The quantitative estimate of drug-likeness (QED) is 0.213. The predicted molar refractivity (Wildman–Crippen MR) is 92.3 cm³/mol. The highest BCUT2D eigenvalue weighted by molar-refractivity contribution is 8.00. The van der Waals surface area contributed by atoms with Crippen LogP contribution in [0.5, 0.6) is 11.5 Å². The summed E-state index contributed by atoms with van der Waals surface area (Å²) >= 11 is -0.900. The number of carbonyl (C=O) groups excluding carboxylic acids is 2. The molecule has 0 unspecified atom stereocenters. The van der Waals surface area contributed by atoms with Crippen LogP contribution in [0.2, 0.25) is 0 Å². The van der Waals surface area contributed by atoms with Gasteiger partial charge < -0.3 is 4.74 Å². The van der Waals surface area contributed by atoms with Crippen molar-refractivity contribution in [2.45, 2.75) is 20.8 Å². The summed E-state index contributed by atoms with van der Waals surface area (Å²) in [7, 11) is 0. The molecule has 0 radical (unpaired) electrons. The van der Waals surface area contributed by atoms with E-state index in [2.05, 4.69) is 9.98 Å². The highest BCUT2D eigenvalue weighted by Crippen LogP contribution is 2.44. The van der Waals surface area contributed by atoms with E-state index in [0.29, 0.717) is 0 Å². The van der Waals surface area contributed by atoms with Crippen LogP contribution < -0.4 is 4.74 Å². The first-order valence-corrected chi connectivity index (χ1v) is 8.77. The van der Waals surface area contributed by atoms with Crippen LogP contribution in [0.25, 0.3) is 0 Å². The lowest BCUT2D eigenvalue weighted by molar-refractivity contribution is -0.0337. The van der Waals surface area contributed by atoms with Crippen molar-refractivity contribution in [1.82, 2.24) is 0 Å². The first-order chi connectivity index (χ1) is 13.5. The summed E-state index contributed by atoms with van der Waals surface area (Å²) in [6.07, 6.45) is 2.33. The van der Waals surface area contributed by atoms with Crippen molar-refractivity contribution in [1.29, 1.82) is 0 Å².